The predicted molar refractivity (Wildman–Crippen MR) is 60.2 cm³/mol. The van der Waals surface area contributed by atoms with Crippen molar-refractivity contribution in [2.75, 3.05) is 13.2 Å². The Hall–Kier alpha value is -1.95. The zero-order valence-corrected chi connectivity index (χ0v) is 9.24. The van der Waals surface area contributed by atoms with Gasteiger partial charge in [-0.05, 0) is 12.1 Å². The van der Waals surface area contributed by atoms with E-state index in [1.165, 1.54) is 4.80 Å². The van der Waals surface area contributed by atoms with Crippen molar-refractivity contribution in [3.05, 3.63) is 24.3 Å². The molecule has 0 radical (unpaired) electrons. The number of aliphatic hydroxyl groups is 1. The van der Waals surface area contributed by atoms with Crippen LogP contribution in [0.25, 0.3) is 11.0 Å². The molecule has 1 N–H and O–H groups in total. The van der Waals surface area contributed by atoms with Crippen LogP contribution in [0.15, 0.2) is 24.3 Å². The van der Waals surface area contributed by atoms with Crippen LogP contribution in [-0.2, 0) is 16.1 Å². The standard InChI is InChI=1S/C11H13N3O3/c15-7-8-17-11(16)5-6-14-12-9-3-1-2-4-10(9)13-14/h1-4,15H,5-8H2. The summed E-state index contributed by atoms with van der Waals surface area (Å²) in [6.07, 6.45) is 0.195. The number of esters is 1. The highest BCUT2D eigenvalue weighted by Crippen LogP contribution is 2.07. The Morgan fingerprint density at radius 1 is 1.29 bits per heavy atom. The first-order valence-corrected chi connectivity index (χ1v) is 5.36. The Balaban J connectivity index is 1.92. The summed E-state index contributed by atoms with van der Waals surface area (Å²) < 4.78 is 4.73. The van der Waals surface area contributed by atoms with Crippen molar-refractivity contribution in [3.8, 4) is 0 Å². The number of hydrogen-bond donors (Lipinski definition) is 1. The van der Waals surface area contributed by atoms with Gasteiger partial charge in [0, 0.05) is 0 Å². The summed E-state index contributed by atoms with van der Waals surface area (Å²) in [5.41, 5.74) is 1.60. The molecule has 0 saturated carbocycles. The maximum atomic E-state index is 11.2. The smallest absolute Gasteiger partial charge is 0.307 e. The molecule has 2 aromatic rings. The van der Waals surface area contributed by atoms with Gasteiger partial charge in [0.25, 0.3) is 0 Å². The lowest BCUT2D eigenvalue weighted by Crippen LogP contribution is -2.12. The topological polar surface area (TPSA) is 77.2 Å². The summed E-state index contributed by atoms with van der Waals surface area (Å²) >= 11 is 0. The SMILES string of the molecule is O=C(CCn1nc2ccccc2n1)OCCO. The normalized spacial score (nSPS) is 10.6. The summed E-state index contributed by atoms with van der Waals surface area (Å²) in [5, 5.41) is 16.9. The number of carbonyl (C=O) groups excluding carboxylic acids is 1. The number of fused-ring (bicyclic) bond motifs is 1. The van der Waals surface area contributed by atoms with Gasteiger partial charge in [-0.15, -0.1) is 0 Å². The van der Waals surface area contributed by atoms with E-state index in [4.69, 9.17) is 9.84 Å². The Labute approximate surface area is 97.8 Å². The zero-order valence-electron chi connectivity index (χ0n) is 9.24. The zero-order chi connectivity index (χ0) is 12.1. The highest BCUT2D eigenvalue weighted by atomic mass is 16.5. The minimum Gasteiger partial charge on any atom is -0.463 e. The van der Waals surface area contributed by atoms with Crippen molar-refractivity contribution in [3.63, 3.8) is 0 Å². The average Bonchev–Trinajstić information content (AvgIpc) is 2.76. The van der Waals surface area contributed by atoms with E-state index in [0.717, 1.165) is 11.0 Å². The lowest BCUT2D eigenvalue weighted by molar-refractivity contribution is -0.145. The monoisotopic (exact) mass is 235 g/mol. The quantitative estimate of drug-likeness (QED) is 0.757. The highest BCUT2D eigenvalue weighted by molar-refractivity contribution is 5.73. The maximum absolute atomic E-state index is 11.2. The van der Waals surface area contributed by atoms with Crippen LogP contribution in [0.4, 0.5) is 0 Å². The van der Waals surface area contributed by atoms with Crippen molar-refractivity contribution in [2.24, 2.45) is 0 Å². The Morgan fingerprint density at radius 2 is 1.94 bits per heavy atom. The molecule has 0 unspecified atom stereocenters. The molecular formula is C11H13N3O3. The van der Waals surface area contributed by atoms with Crippen LogP contribution in [0.2, 0.25) is 0 Å². The second-order valence-corrected chi connectivity index (χ2v) is 3.48. The minimum absolute atomic E-state index is 0.0351. The van der Waals surface area contributed by atoms with Gasteiger partial charge >= 0.3 is 5.97 Å². The molecule has 0 saturated heterocycles. The fourth-order valence-electron chi connectivity index (χ4n) is 1.43. The van der Waals surface area contributed by atoms with E-state index in [0.29, 0.717) is 6.54 Å². The van der Waals surface area contributed by atoms with Gasteiger partial charge < -0.3 is 9.84 Å². The maximum Gasteiger partial charge on any atom is 0.307 e. The van der Waals surface area contributed by atoms with Crippen LogP contribution in [0, 0.1) is 0 Å². The van der Waals surface area contributed by atoms with Crippen molar-refractivity contribution >= 4 is 17.0 Å². The van der Waals surface area contributed by atoms with E-state index in [1.807, 2.05) is 24.3 Å². The molecule has 2 rings (SSSR count). The van der Waals surface area contributed by atoms with E-state index < -0.39 is 0 Å². The number of benzene rings is 1. The average molecular weight is 235 g/mol. The number of nitrogens with zero attached hydrogens (tertiary/aromatic N) is 3. The Kier molecular flexibility index (Phi) is 3.66. The molecule has 0 spiro atoms. The fraction of sp³-hybridized carbons (Fsp3) is 0.364. The lowest BCUT2D eigenvalue weighted by atomic mass is 10.3. The van der Waals surface area contributed by atoms with Crippen molar-refractivity contribution in [1.29, 1.82) is 0 Å². The van der Waals surface area contributed by atoms with Gasteiger partial charge in [0.15, 0.2) is 0 Å². The first-order valence-electron chi connectivity index (χ1n) is 5.36. The molecule has 1 heterocycles. The molecule has 0 atom stereocenters. The van der Waals surface area contributed by atoms with E-state index >= 15 is 0 Å². The molecule has 0 fully saturated rings. The van der Waals surface area contributed by atoms with Crippen molar-refractivity contribution in [2.45, 2.75) is 13.0 Å². The van der Waals surface area contributed by atoms with E-state index in [1.54, 1.807) is 0 Å². The van der Waals surface area contributed by atoms with Crippen LogP contribution in [0.5, 0.6) is 0 Å². The second-order valence-electron chi connectivity index (χ2n) is 3.48. The number of hydrogen-bond acceptors (Lipinski definition) is 5. The Bertz CT molecular complexity index is 476. The third kappa shape index (κ3) is 3.01. The third-order valence-corrected chi connectivity index (χ3v) is 2.20. The van der Waals surface area contributed by atoms with Gasteiger partial charge in [-0.3, -0.25) is 4.79 Å². The van der Waals surface area contributed by atoms with Crippen LogP contribution >= 0.6 is 0 Å². The van der Waals surface area contributed by atoms with Crippen molar-refractivity contribution in [1.82, 2.24) is 15.0 Å². The number of rotatable bonds is 5. The second kappa shape index (κ2) is 5.40. The molecule has 1 aromatic carbocycles. The molecule has 0 aliphatic carbocycles. The lowest BCUT2D eigenvalue weighted by Gasteiger charge is -2.01. The van der Waals surface area contributed by atoms with Gasteiger partial charge in [-0.25, -0.2) is 0 Å². The summed E-state index contributed by atoms with van der Waals surface area (Å²) in [5.74, 6) is -0.361. The van der Waals surface area contributed by atoms with Crippen LogP contribution in [0.3, 0.4) is 0 Å². The number of aryl methyl sites for hydroxylation is 1. The molecule has 0 bridgehead atoms. The minimum atomic E-state index is -0.361. The largest absolute Gasteiger partial charge is 0.463 e. The molecule has 6 nitrogen and oxygen atoms in total. The third-order valence-electron chi connectivity index (χ3n) is 2.20. The molecule has 1 aromatic heterocycles. The van der Waals surface area contributed by atoms with Gasteiger partial charge in [-0.2, -0.15) is 15.0 Å². The molecule has 0 aliphatic rings. The van der Waals surface area contributed by atoms with Gasteiger partial charge in [-0.1, -0.05) is 12.1 Å². The molecule has 6 heteroatoms. The van der Waals surface area contributed by atoms with Gasteiger partial charge in [0.2, 0.25) is 0 Å². The van der Waals surface area contributed by atoms with Gasteiger partial charge in [0.1, 0.15) is 17.6 Å². The number of aliphatic hydroxyl groups excluding tert-OH is 1. The molecule has 0 amide bonds. The molecule has 17 heavy (non-hydrogen) atoms. The summed E-state index contributed by atoms with van der Waals surface area (Å²) in [6.45, 7) is 0.252. The highest BCUT2D eigenvalue weighted by Gasteiger charge is 2.05. The first-order chi connectivity index (χ1) is 8.29. The molecule has 90 valence electrons. The number of ether oxygens (including phenoxy) is 1. The summed E-state index contributed by atoms with van der Waals surface area (Å²) in [7, 11) is 0. The fourth-order valence-corrected chi connectivity index (χ4v) is 1.43. The van der Waals surface area contributed by atoms with E-state index in [-0.39, 0.29) is 25.6 Å². The molecular weight excluding hydrogens is 222 g/mol. The number of aromatic nitrogens is 3. The summed E-state index contributed by atoms with van der Waals surface area (Å²) in [6, 6.07) is 7.50. The summed E-state index contributed by atoms with van der Waals surface area (Å²) in [4.78, 5) is 12.7. The van der Waals surface area contributed by atoms with Gasteiger partial charge in [0.05, 0.1) is 19.6 Å². The predicted octanol–water partition coefficient (Wildman–Crippen LogP) is 0.357. The van der Waals surface area contributed by atoms with Crippen LogP contribution < -0.4 is 0 Å². The van der Waals surface area contributed by atoms with E-state index in [9.17, 15) is 4.79 Å². The Morgan fingerprint density at radius 3 is 2.53 bits per heavy atom. The first kappa shape index (κ1) is 11.5. The van der Waals surface area contributed by atoms with Crippen LogP contribution in [0.1, 0.15) is 6.42 Å². The van der Waals surface area contributed by atoms with Crippen molar-refractivity contribution < 1.29 is 14.6 Å². The van der Waals surface area contributed by atoms with E-state index in [2.05, 4.69) is 10.2 Å². The number of carbonyl (C=O) groups is 1. The molecule has 0 aliphatic heterocycles. The van der Waals surface area contributed by atoms with Crippen LogP contribution in [-0.4, -0.2) is 39.3 Å².